The van der Waals surface area contributed by atoms with E-state index in [1.165, 1.54) is 0 Å². The molecule has 0 saturated heterocycles. The third-order valence-electron chi connectivity index (χ3n) is 1.53. The summed E-state index contributed by atoms with van der Waals surface area (Å²) in [7, 11) is 0. The first-order chi connectivity index (χ1) is 3.33. The first kappa shape index (κ1) is 5.04. The van der Waals surface area contributed by atoms with Crippen LogP contribution in [0.1, 0.15) is 19.8 Å². The highest BCUT2D eigenvalue weighted by atomic mass is 19.2. The lowest BCUT2D eigenvalue weighted by molar-refractivity contribution is 0.150. The molecule has 0 radical (unpaired) electrons. The predicted octanol–water partition coefficient (Wildman–Crippen LogP) is 1.26. The van der Waals surface area contributed by atoms with Crippen LogP contribution in [0, 0.1) is 5.92 Å². The van der Waals surface area contributed by atoms with E-state index in [0.29, 0.717) is 0 Å². The molecular weight excluding hydrogens is 93.1 g/mol. The Kier molecular flexibility index (Phi) is 1.28. The Labute approximate surface area is 42.8 Å². The van der Waals surface area contributed by atoms with Crippen molar-refractivity contribution in [2.75, 3.05) is 0 Å². The molecule has 42 valence electrons. The van der Waals surface area contributed by atoms with E-state index in [4.69, 9.17) is 0 Å². The van der Waals surface area contributed by atoms with Gasteiger partial charge in [-0.05, 0) is 18.8 Å². The molecule has 1 rings (SSSR count). The second-order valence-corrected chi connectivity index (χ2v) is 2.38. The zero-order chi connectivity index (χ0) is 5.28. The fourth-order valence-corrected chi connectivity index (χ4v) is 0.991. The maximum atomic E-state index is 11.4. The summed E-state index contributed by atoms with van der Waals surface area (Å²) >= 11 is 0. The summed E-state index contributed by atoms with van der Waals surface area (Å²) in [4.78, 5) is 0. The molecule has 0 spiro atoms. The highest BCUT2D eigenvalue weighted by Gasteiger charge is 2.24. The van der Waals surface area contributed by atoms with E-state index in [9.17, 15) is 4.48 Å². The van der Waals surface area contributed by atoms with Crippen molar-refractivity contribution in [2.45, 2.75) is 25.8 Å². The highest BCUT2D eigenvalue weighted by Crippen LogP contribution is 2.25. The van der Waals surface area contributed by atoms with Crippen LogP contribution in [0.5, 0.6) is 0 Å². The van der Waals surface area contributed by atoms with E-state index >= 15 is 0 Å². The standard InChI is InChI=1S/C5H10FN/c1-4-2-5(3-4)7-6/h4-5,7H,2-3H2,1H3. The normalized spacial score (nSPS) is 40.3. The summed E-state index contributed by atoms with van der Waals surface area (Å²) in [5.41, 5.74) is 1.73. The van der Waals surface area contributed by atoms with E-state index < -0.39 is 0 Å². The minimum absolute atomic E-state index is 0.176. The van der Waals surface area contributed by atoms with Gasteiger partial charge in [-0.1, -0.05) is 6.92 Å². The lowest BCUT2D eigenvalue weighted by Crippen LogP contribution is -2.35. The van der Waals surface area contributed by atoms with Crippen LogP contribution in [-0.2, 0) is 0 Å². The van der Waals surface area contributed by atoms with E-state index in [2.05, 4.69) is 6.92 Å². The van der Waals surface area contributed by atoms with Gasteiger partial charge >= 0.3 is 0 Å². The monoisotopic (exact) mass is 103 g/mol. The second-order valence-electron chi connectivity index (χ2n) is 2.38. The Bertz CT molecular complexity index is 59.1. The van der Waals surface area contributed by atoms with Gasteiger partial charge < -0.3 is 0 Å². The van der Waals surface area contributed by atoms with Gasteiger partial charge in [0.15, 0.2) is 0 Å². The third-order valence-corrected chi connectivity index (χ3v) is 1.53. The third kappa shape index (κ3) is 0.911. The quantitative estimate of drug-likeness (QED) is 0.492. The lowest BCUT2D eigenvalue weighted by Gasteiger charge is -2.29. The fraction of sp³-hybridized carbons (Fsp3) is 1.00. The number of rotatable bonds is 1. The molecule has 0 aromatic heterocycles. The summed E-state index contributed by atoms with van der Waals surface area (Å²) in [6.45, 7) is 2.13. The van der Waals surface area contributed by atoms with Crippen LogP contribution < -0.4 is 5.54 Å². The molecule has 0 aromatic carbocycles. The van der Waals surface area contributed by atoms with Crippen molar-refractivity contribution in [3.8, 4) is 0 Å². The first-order valence-electron chi connectivity index (χ1n) is 2.69. The molecule has 1 saturated carbocycles. The van der Waals surface area contributed by atoms with Gasteiger partial charge in [0.25, 0.3) is 0 Å². The molecule has 0 heterocycles. The van der Waals surface area contributed by atoms with Crippen molar-refractivity contribution in [3.63, 3.8) is 0 Å². The maximum absolute atomic E-state index is 11.4. The Hall–Kier alpha value is -0.110. The van der Waals surface area contributed by atoms with E-state index in [1.54, 1.807) is 5.54 Å². The molecule has 0 atom stereocenters. The molecule has 1 fully saturated rings. The van der Waals surface area contributed by atoms with Crippen LogP contribution in [0.2, 0.25) is 0 Å². The number of hydrogen-bond donors (Lipinski definition) is 1. The van der Waals surface area contributed by atoms with Crippen LogP contribution in [0.4, 0.5) is 4.48 Å². The molecule has 1 nitrogen and oxygen atoms in total. The summed E-state index contributed by atoms with van der Waals surface area (Å²) in [6.07, 6.45) is 2.02. The van der Waals surface area contributed by atoms with Crippen LogP contribution in [0.3, 0.4) is 0 Å². The molecule has 1 aliphatic carbocycles. The van der Waals surface area contributed by atoms with Crippen molar-refractivity contribution < 1.29 is 4.48 Å². The Morgan fingerprint density at radius 3 is 2.29 bits per heavy atom. The summed E-state index contributed by atoms with van der Waals surface area (Å²) < 4.78 is 11.4. The second kappa shape index (κ2) is 1.78. The largest absolute Gasteiger partial charge is 0.156 e. The van der Waals surface area contributed by atoms with Crippen molar-refractivity contribution in [2.24, 2.45) is 5.92 Å². The molecule has 0 amide bonds. The van der Waals surface area contributed by atoms with Gasteiger partial charge in [0.05, 0.1) is 0 Å². The molecule has 2 heteroatoms. The number of halogens is 1. The highest BCUT2D eigenvalue weighted by molar-refractivity contribution is 4.78. The lowest BCUT2D eigenvalue weighted by atomic mass is 9.83. The minimum atomic E-state index is 0.176. The molecule has 0 aliphatic heterocycles. The van der Waals surface area contributed by atoms with Gasteiger partial charge in [-0.15, -0.1) is 4.48 Å². The van der Waals surface area contributed by atoms with Crippen LogP contribution in [0.15, 0.2) is 0 Å². The molecular formula is C5H10FN. The van der Waals surface area contributed by atoms with Crippen molar-refractivity contribution in [1.29, 1.82) is 0 Å². The van der Waals surface area contributed by atoms with Crippen LogP contribution >= 0.6 is 0 Å². The van der Waals surface area contributed by atoms with Gasteiger partial charge in [-0.3, -0.25) is 0 Å². The van der Waals surface area contributed by atoms with Crippen LogP contribution in [0.25, 0.3) is 0 Å². The molecule has 0 aromatic rings. The Balaban J connectivity index is 2.06. The molecule has 0 unspecified atom stereocenters. The van der Waals surface area contributed by atoms with Crippen molar-refractivity contribution in [3.05, 3.63) is 0 Å². The summed E-state index contributed by atoms with van der Waals surface area (Å²) in [5.74, 6) is 0.744. The topological polar surface area (TPSA) is 12.0 Å². The Morgan fingerprint density at radius 2 is 2.14 bits per heavy atom. The van der Waals surface area contributed by atoms with Crippen molar-refractivity contribution >= 4 is 0 Å². The summed E-state index contributed by atoms with van der Waals surface area (Å²) in [5, 5.41) is 0. The number of hydrogen-bond acceptors (Lipinski definition) is 1. The van der Waals surface area contributed by atoms with Gasteiger partial charge in [-0.25, -0.2) is 0 Å². The zero-order valence-electron chi connectivity index (χ0n) is 4.45. The average Bonchev–Trinajstić information content (AvgIpc) is 1.58. The van der Waals surface area contributed by atoms with E-state index in [-0.39, 0.29) is 6.04 Å². The SMILES string of the molecule is CC1CC(NF)C1. The zero-order valence-corrected chi connectivity index (χ0v) is 4.45. The van der Waals surface area contributed by atoms with Gasteiger partial charge in [-0.2, -0.15) is 5.54 Å². The molecule has 1 N–H and O–H groups in total. The Morgan fingerprint density at radius 1 is 1.57 bits per heavy atom. The van der Waals surface area contributed by atoms with E-state index in [0.717, 1.165) is 18.8 Å². The minimum Gasteiger partial charge on any atom is -0.156 e. The smallest absolute Gasteiger partial charge is 0.0376 e. The van der Waals surface area contributed by atoms with E-state index in [1.807, 2.05) is 0 Å². The molecule has 7 heavy (non-hydrogen) atoms. The van der Waals surface area contributed by atoms with Crippen LogP contribution in [-0.4, -0.2) is 6.04 Å². The maximum Gasteiger partial charge on any atom is 0.0376 e. The molecule has 0 bridgehead atoms. The number of nitrogens with one attached hydrogen (secondary N) is 1. The summed E-state index contributed by atoms with van der Waals surface area (Å²) in [6, 6.07) is 0.176. The van der Waals surface area contributed by atoms with Gasteiger partial charge in [0.2, 0.25) is 0 Å². The fourth-order valence-electron chi connectivity index (χ4n) is 0.991. The molecule has 1 aliphatic rings. The van der Waals surface area contributed by atoms with Crippen molar-refractivity contribution in [1.82, 2.24) is 5.54 Å². The van der Waals surface area contributed by atoms with Gasteiger partial charge in [0.1, 0.15) is 0 Å². The predicted molar refractivity (Wildman–Crippen MR) is 26.4 cm³/mol. The first-order valence-corrected chi connectivity index (χ1v) is 2.69. The average molecular weight is 103 g/mol. The van der Waals surface area contributed by atoms with Gasteiger partial charge in [0, 0.05) is 6.04 Å².